The van der Waals surface area contributed by atoms with E-state index in [1.807, 2.05) is 7.05 Å². The van der Waals surface area contributed by atoms with Gasteiger partial charge in [-0.3, -0.25) is 0 Å². The van der Waals surface area contributed by atoms with Crippen LogP contribution in [0.25, 0.3) is 5.32 Å². The van der Waals surface area contributed by atoms with Crippen LogP contribution >= 0.6 is 0 Å². The molecule has 2 nitrogen and oxygen atoms in total. The normalized spacial score (nSPS) is 14.2. The molecule has 0 unspecified atom stereocenters. The molecule has 1 saturated carbocycles. The van der Waals surface area contributed by atoms with Gasteiger partial charge in [0.2, 0.25) is 0 Å². The van der Waals surface area contributed by atoms with Crippen LogP contribution in [0.4, 0.5) is 0 Å². The van der Waals surface area contributed by atoms with Crippen LogP contribution in [0.15, 0.2) is 3.79 Å². The van der Waals surface area contributed by atoms with Crippen molar-refractivity contribution in [3.63, 3.8) is 0 Å². The summed E-state index contributed by atoms with van der Waals surface area (Å²) in [6.45, 7) is 1.08. The van der Waals surface area contributed by atoms with Gasteiger partial charge in [0.15, 0.2) is 0 Å². The molecule has 1 fully saturated rings. The second-order valence-electron chi connectivity index (χ2n) is 3.53. The van der Waals surface area contributed by atoms with E-state index in [1.54, 1.807) is 7.05 Å². The van der Waals surface area contributed by atoms with Crippen molar-refractivity contribution in [1.82, 2.24) is 0 Å². The molecule has 0 aromatic carbocycles. The zero-order valence-electron chi connectivity index (χ0n) is 10.9. The Labute approximate surface area is 106 Å². The molecular formula is C12H27N2V-3. The van der Waals surface area contributed by atoms with Gasteiger partial charge in [-0.1, -0.05) is 38.5 Å². The Morgan fingerprint density at radius 1 is 1.27 bits per heavy atom. The number of hydrogen-bond acceptors (Lipinski definition) is 1. The Morgan fingerprint density at radius 2 is 1.73 bits per heavy atom. The summed E-state index contributed by atoms with van der Waals surface area (Å²) in [6, 6.07) is 0. The Balaban J connectivity index is -0.000000260. The van der Waals surface area contributed by atoms with Crippen LogP contribution in [0, 0.1) is 20.8 Å². The maximum atomic E-state index is 4.10. The Bertz CT molecular complexity index is 112. The minimum Gasteiger partial charge on any atom is -0.358 e. The molecule has 0 spiro atoms. The van der Waals surface area contributed by atoms with Crippen molar-refractivity contribution in [1.29, 1.82) is 0 Å². The molecule has 0 heterocycles. The summed E-state index contributed by atoms with van der Waals surface area (Å²) >= 11 is 2.09. The Morgan fingerprint density at radius 3 is 2.13 bits per heavy atom. The predicted octanol–water partition coefficient (Wildman–Crippen LogP) is 4.21. The number of hydrogen-bond donors (Lipinski definition) is 0. The molecule has 0 N–H and O–H groups in total. The monoisotopic (exact) mass is 250 g/mol. The van der Waals surface area contributed by atoms with Crippen LogP contribution < -0.4 is 0 Å². The smallest absolute Gasteiger partial charge is 0.358 e. The van der Waals surface area contributed by atoms with E-state index >= 15 is 0 Å². The fourth-order valence-electron chi connectivity index (χ4n) is 1.84. The molecule has 0 atom stereocenters. The van der Waals surface area contributed by atoms with E-state index in [-0.39, 0.29) is 14.9 Å². The topological polar surface area (TPSA) is 26.5 Å². The van der Waals surface area contributed by atoms with Gasteiger partial charge in [0, 0.05) is 0 Å². The molecular weight excluding hydrogens is 223 g/mol. The molecule has 0 aromatic heterocycles. The van der Waals surface area contributed by atoms with Crippen LogP contribution in [0.1, 0.15) is 38.5 Å². The van der Waals surface area contributed by atoms with Gasteiger partial charge in [0.25, 0.3) is 0 Å². The third kappa shape index (κ3) is 14.3. The average molecular weight is 250 g/mol. The zero-order chi connectivity index (χ0) is 9.94. The minimum absolute atomic E-state index is 0. The Kier molecular flexibility index (Phi) is 23.2. The van der Waals surface area contributed by atoms with Crippen molar-refractivity contribution in [2.45, 2.75) is 38.5 Å². The summed E-state index contributed by atoms with van der Waals surface area (Å²) in [5.74, 6) is 1.06. The number of nitrogens with zero attached hydrogens (tertiary/aromatic N) is 2. The van der Waals surface area contributed by atoms with Gasteiger partial charge >= 0.3 is 28.1 Å². The van der Waals surface area contributed by atoms with Crippen molar-refractivity contribution in [2.24, 2.45) is 9.71 Å². The molecule has 0 aromatic rings. The Hall–Kier alpha value is 0.344. The molecule has 3 heteroatoms. The first kappa shape index (κ1) is 20.7. The molecule has 0 saturated heterocycles. The van der Waals surface area contributed by atoms with Crippen LogP contribution in [-0.4, -0.2) is 20.6 Å². The second kappa shape index (κ2) is 16.8. The van der Waals surface area contributed by atoms with E-state index in [1.165, 1.54) is 38.5 Å². The summed E-state index contributed by atoms with van der Waals surface area (Å²) in [5, 5.41) is 4.10. The molecule has 0 amide bonds. The summed E-state index contributed by atoms with van der Waals surface area (Å²) in [6.07, 6.45) is 8.69. The van der Waals surface area contributed by atoms with Crippen molar-refractivity contribution < 1.29 is 17.2 Å². The van der Waals surface area contributed by atoms with Crippen LogP contribution in [-0.2, 0) is 17.2 Å². The maximum Gasteiger partial charge on any atom is -0.358 e. The van der Waals surface area contributed by atoms with Crippen molar-refractivity contribution in [2.75, 3.05) is 20.6 Å². The molecule has 0 radical (unpaired) electrons. The molecule has 15 heavy (non-hydrogen) atoms. The molecule has 93 valence electrons. The largest absolute Gasteiger partial charge is 0.358 e. The summed E-state index contributed by atoms with van der Waals surface area (Å²) in [5.41, 5.74) is 0. The standard InChI is InChI=1S/C9H18N.CH3N.2CH3.V/c1-10-8-4-7-9-5-2-3-6-9;1-2;;;/h9H,2-8H2,1H3;1H3;2*1H3;/q-1;;2*-1;. The van der Waals surface area contributed by atoms with E-state index in [0.717, 1.165) is 12.5 Å². The van der Waals surface area contributed by atoms with E-state index in [9.17, 15) is 0 Å². The van der Waals surface area contributed by atoms with E-state index < -0.39 is 0 Å². The van der Waals surface area contributed by atoms with E-state index in [0.29, 0.717) is 0 Å². The van der Waals surface area contributed by atoms with E-state index in [4.69, 9.17) is 0 Å². The average Bonchev–Trinajstić information content (AvgIpc) is 2.59. The van der Waals surface area contributed by atoms with Gasteiger partial charge in [0.1, 0.15) is 0 Å². The second-order valence-corrected chi connectivity index (χ2v) is 4.16. The summed E-state index contributed by atoms with van der Waals surface area (Å²) in [4.78, 5) is 0. The van der Waals surface area contributed by atoms with Gasteiger partial charge in [-0.15, -0.1) is 6.54 Å². The fourth-order valence-corrected chi connectivity index (χ4v) is 1.84. The predicted molar refractivity (Wildman–Crippen MR) is 66.5 cm³/mol. The zero-order valence-corrected chi connectivity index (χ0v) is 12.3. The molecule has 1 rings (SSSR count). The van der Waals surface area contributed by atoms with Crippen LogP contribution in [0.2, 0.25) is 0 Å². The van der Waals surface area contributed by atoms with Crippen LogP contribution in [0.3, 0.4) is 0 Å². The van der Waals surface area contributed by atoms with Gasteiger partial charge in [-0.2, -0.15) is 7.05 Å². The van der Waals surface area contributed by atoms with Gasteiger partial charge < -0.3 is 20.2 Å². The molecule has 1 aliphatic rings. The first-order chi connectivity index (χ1) is 6.35. The third-order valence-electron chi connectivity index (χ3n) is 2.47. The van der Waals surface area contributed by atoms with Crippen molar-refractivity contribution in [3.05, 3.63) is 20.2 Å². The SMILES string of the molecule is C[N-]CCCC1CCCC1.C[N]=[V].[CH3-].[CH3-]. The third-order valence-corrected chi connectivity index (χ3v) is 2.47. The van der Waals surface area contributed by atoms with Gasteiger partial charge in [-0.05, 0) is 5.92 Å². The first-order valence-corrected chi connectivity index (χ1v) is 5.76. The summed E-state index contributed by atoms with van der Waals surface area (Å²) < 4.78 is 3.44. The molecule has 1 aliphatic carbocycles. The minimum atomic E-state index is 0. The van der Waals surface area contributed by atoms with Gasteiger partial charge in [0.05, 0.1) is 0 Å². The quantitative estimate of drug-likeness (QED) is 0.528. The molecule has 0 aliphatic heterocycles. The van der Waals surface area contributed by atoms with Crippen LogP contribution in [0.5, 0.6) is 0 Å². The van der Waals surface area contributed by atoms with Gasteiger partial charge in [-0.25, -0.2) is 0 Å². The van der Waals surface area contributed by atoms with Crippen molar-refractivity contribution in [3.8, 4) is 0 Å². The summed E-state index contributed by atoms with van der Waals surface area (Å²) in [7, 11) is 3.63. The maximum absolute atomic E-state index is 4.10. The molecule has 0 bridgehead atoms. The number of rotatable bonds is 4. The van der Waals surface area contributed by atoms with Crippen molar-refractivity contribution >= 4 is 0 Å². The van der Waals surface area contributed by atoms with E-state index in [2.05, 4.69) is 26.3 Å². The fraction of sp³-hybridized carbons (Fsp3) is 0.833. The first-order valence-electron chi connectivity index (χ1n) is 5.14.